The molecular weight excluding hydrogens is 879 g/mol. The summed E-state index contributed by atoms with van der Waals surface area (Å²) < 4.78 is 21.6. The number of anilines is 5. The Morgan fingerprint density at radius 2 is 1.12 bits per heavy atom. The second kappa shape index (κ2) is 18.9. The van der Waals surface area contributed by atoms with E-state index in [2.05, 4.69) is 103 Å². The van der Waals surface area contributed by atoms with Gasteiger partial charge >= 0.3 is 0 Å². The van der Waals surface area contributed by atoms with Gasteiger partial charge in [0.05, 0.1) is 72.4 Å². The number of halogens is 3. The van der Waals surface area contributed by atoms with Gasteiger partial charge in [-0.3, -0.25) is 9.97 Å². The summed E-state index contributed by atoms with van der Waals surface area (Å²) in [7, 11) is 3.22. The molecule has 0 radical (unpaired) electrons. The number of morpholine rings is 2. The second-order valence-corrected chi connectivity index (χ2v) is 19.8. The highest BCUT2D eigenvalue weighted by molar-refractivity contribution is 6.38. The van der Waals surface area contributed by atoms with Crippen LogP contribution in [0.3, 0.4) is 0 Å². The normalized spacial score (nSPS) is 17.2. The summed E-state index contributed by atoms with van der Waals surface area (Å²) in [5.41, 5.74) is 15.2. The van der Waals surface area contributed by atoms with Crippen molar-refractivity contribution >= 4 is 85.0 Å². The maximum atomic E-state index is 6.57. The van der Waals surface area contributed by atoms with Crippen LogP contribution in [-0.4, -0.2) is 89.9 Å². The molecule has 13 heteroatoms. The van der Waals surface area contributed by atoms with Crippen LogP contribution in [0.5, 0.6) is 11.5 Å². The molecule has 1 N–H and O–H groups in total. The minimum Gasteiger partial charge on any atom is -0.495 e. The number of rotatable bonds is 5. The van der Waals surface area contributed by atoms with Crippen LogP contribution in [-0.2, 0) is 20.3 Å². The first-order valence-corrected chi connectivity index (χ1v) is 23.5. The Labute approximate surface area is 399 Å². The van der Waals surface area contributed by atoms with Crippen LogP contribution in [0, 0.1) is 27.7 Å². The van der Waals surface area contributed by atoms with Crippen molar-refractivity contribution < 1.29 is 18.9 Å². The molecule has 0 bridgehead atoms. The van der Waals surface area contributed by atoms with E-state index in [4.69, 9.17) is 58.7 Å². The fourth-order valence-corrected chi connectivity index (χ4v) is 10.1. The number of hydrogen-bond acceptors (Lipinski definition) is 10. The molecule has 344 valence electrons. The van der Waals surface area contributed by atoms with Gasteiger partial charge in [-0.1, -0.05) is 74.6 Å². The fourth-order valence-electron chi connectivity index (χ4n) is 9.36. The standard InChI is InChI=1S/C26H30ClN3O2.C14H20N2O.C12H11Cl2NO/c1-16-17(2)28-22-14-24(31-5)21(27)13-19(22)25(16)30-15-26(3,4)20-7-6-18(12-23(20)30)29-8-10-32-11-9-29;1-14(2)10-15-13-9-11(3-4-12(13)14)16-5-7-17-8-6-16;1-6-7(2)15-10-5-11(16-3)9(13)4-8(10)12(6)14/h6-7,12-14H,8-11,15H2,1-5H3;3-4,9,15H,5-8,10H2,1-2H3;4-5H,1-3H3. The van der Waals surface area contributed by atoms with Crippen molar-refractivity contribution in [2.45, 2.75) is 66.2 Å². The molecule has 10 nitrogen and oxygen atoms in total. The van der Waals surface area contributed by atoms with Crippen molar-refractivity contribution in [1.29, 1.82) is 0 Å². The third kappa shape index (κ3) is 9.35. The van der Waals surface area contributed by atoms with Crippen LogP contribution < -0.4 is 29.5 Å². The Hall–Kier alpha value is -4.71. The SMILES string of the molecule is CC1(C)CNc2cc(N3CCOCC3)ccc21.COc1cc2nc(C)c(C)c(Cl)c2cc1Cl.COc1cc2nc(C)c(C)c(N3CC(C)(C)c4ccc(N5CCOCC5)cc43)c2cc1Cl. The zero-order valence-electron chi connectivity index (χ0n) is 39.3. The van der Waals surface area contributed by atoms with Crippen LogP contribution in [0.1, 0.15) is 61.3 Å². The molecule has 2 fully saturated rings. The molecule has 4 aliphatic rings. The first-order valence-electron chi connectivity index (χ1n) is 22.4. The predicted octanol–water partition coefficient (Wildman–Crippen LogP) is 12.2. The number of benzene rings is 4. The number of aromatic nitrogens is 2. The lowest BCUT2D eigenvalue weighted by Gasteiger charge is -2.30. The molecule has 6 heterocycles. The Morgan fingerprint density at radius 3 is 1.69 bits per heavy atom. The lowest BCUT2D eigenvalue weighted by atomic mass is 9.87. The minimum atomic E-state index is 0.0328. The highest BCUT2D eigenvalue weighted by atomic mass is 35.5. The van der Waals surface area contributed by atoms with Crippen LogP contribution in [0.25, 0.3) is 21.8 Å². The van der Waals surface area contributed by atoms with E-state index in [9.17, 15) is 0 Å². The topological polar surface area (TPSA) is 84.5 Å². The van der Waals surface area contributed by atoms with E-state index in [0.29, 0.717) is 26.6 Å². The van der Waals surface area contributed by atoms with E-state index < -0.39 is 0 Å². The van der Waals surface area contributed by atoms with Crippen molar-refractivity contribution in [3.05, 3.63) is 109 Å². The van der Waals surface area contributed by atoms with Gasteiger partial charge in [0.2, 0.25) is 0 Å². The van der Waals surface area contributed by atoms with Gasteiger partial charge in [0.15, 0.2) is 0 Å². The number of hydrogen-bond donors (Lipinski definition) is 1. The van der Waals surface area contributed by atoms with Crippen molar-refractivity contribution in [3.8, 4) is 11.5 Å². The Bertz CT molecular complexity index is 2750. The maximum absolute atomic E-state index is 6.57. The Kier molecular flexibility index (Phi) is 13.6. The van der Waals surface area contributed by atoms with E-state index in [0.717, 1.165) is 104 Å². The zero-order chi connectivity index (χ0) is 46.4. The molecule has 0 amide bonds. The first-order chi connectivity index (χ1) is 31.0. The largest absolute Gasteiger partial charge is 0.495 e. The predicted molar refractivity (Wildman–Crippen MR) is 271 cm³/mol. The summed E-state index contributed by atoms with van der Waals surface area (Å²) in [5.74, 6) is 1.26. The van der Waals surface area contributed by atoms with E-state index in [1.165, 1.54) is 45.1 Å². The lowest BCUT2D eigenvalue weighted by Crippen LogP contribution is -2.36. The average Bonchev–Trinajstić information content (AvgIpc) is 3.76. The van der Waals surface area contributed by atoms with E-state index in [-0.39, 0.29) is 10.8 Å². The number of ether oxygens (including phenoxy) is 4. The van der Waals surface area contributed by atoms with Crippen LogP contribution in [0.15, 0.2) is 60.7 Å². The molecule has 0 unspecified atom stereocenters. The van der Waals surface area contributed by atoms with Gasteiger partial charge in [0.1, 0.15) is 11.5 Å². The quantitative estimate of drug-likeness (QED) is 0.180. The van der Waals surface area contributed by atoms with Crippen molar-refractivity contribution in [2.75, 3.05) is 99.9 Å². The molecule has 65 heavy (non-hydrogen) atoms. The lowest BCUT2D eigenvalue weighted by molar-refractivity contribution is 0.122. The van der Waals surface area contributed by atoms with Gasteiger partial charge in [-0.05, 0) is 86.3 Å². The summed E-state index contributed by atoms with van der Waals surface area (Å²) >= 11 is 18.9. The molecule has 2 saturated heterocycles. The van der Waals surface area contributed by atoms with Gasteiger partial charge in [0, 0.05) is 107 Å². The monoisotopic (exact) mass is 938 g/mol. The highest BCUT2D eigenvalue weighted by Crippen LogP contribution is 2.49. The van der Waals surface area contributed by atoms with E-state index >= 15 is 0 Å². The maximum Gasteiger partial charge on any atom is 0.139 e. The number of nitrogens with zero attached hydrogens (tertiary/aromatic N) is 5. The smallest absolute Gasteiger partial charge is 0.139 e. The first kappa shape index (κ1) is 46.8. The number of nitrogens with one attached hydrogen (secondary N) is 1. The van der Waals surface area contributed by atoms with E-state index in [1.807, 2.05) is 26.0 Å². The number of fused-ring (bicyclic) bond motifs is 4. The van der Waals surface area contributed by atoms with Gasteiger partial charge in [0.25, 0.3) is 0 Å². The van der Waals surface area contributed by atoms with Gasteiger partial charge < -0.3 is 39.0 Å². The fraction of sp³-hybridized carbons (Fsp3) is 0.423. The molecule has 2 aromatic heterocycles. The zero-order valence-corrected chi connectivity index (χ0v) is 41.6. The van der Waals surface area contributed by atoms with Crippen LogP contribution in [0.4, 0.5) is 28.4 Å². The van der Waals surface area contributed by atoms with Crippen LogP contribution in [0.2, 0.25) is 15.1 Å². The molecule has 0 saturated carbocycles. The molecule has 4 aliphatic heterocycles. The highest BCUT2D eigenvalue weighted by Gasteiger charge is 2.38. The summed E-state index contributed by atoms with van der Waals surface area (Å²) in [4.78, 5) is 16.6. The minimum absolute atomic E-state index is 0.0328. The Balaban J connectivity index is 0.000000147. The van der Waals surface area contributed by atoms with Gasteiger partial charge in [-0.15, -0.1) is 0 Å². The molecule has 6 aromatic rings. The average molecular weight is 940 g/mol. The second-order valence-electron chi connectivity index (χ2n) is 18.7. The van der Waals surface area contributed by atoms with Gasteiger partial charge in [-0.25, -0.2) is 0 Å². The van der Waals surface area contributed by atoms with Crippen molar-refractivity contribution in [3.63, 3.8) is 0 Å². The molecular formula is C52H61Cl3N6O4. The molecule has 0 atom stereocenters. The molecule has 0 spiro atoms. The van der Waals surface area contributed by atoms with Crippen molar-refractivity contribution in [1.82, 2.24) is 9.97 Å². The summed E-state index contributed by atoms with van der Waals surface area (Å²) in [6.45, 7) is 26.4. The van der Waals surface area contributed by atoms with Crippen LogP contribution >= 0.6 is 34.8 Å². The van der Waals surface area contributed by atoms with Crippen molar-refractivity contribution in [2.24, 2.45) is 0 Å². The van der Waals surface area contributed by atoms with Gasteiger partial charge in [-0.2, -0.15) is 0 Å². The summed E-state index contributed by atoms with van der Waals surface area (Å²) in [6, 6.07) is 21.3. The molecule has 10 rings (SSSR count). The molecule has 4 aromatic carbocycles. The summed E-state index contributed by atoms with van der Waals surface area (Å²) in [5, 5.41) is 7.27. The Morgan fingerprint density at radius 1 is 0.615 bits per heavy atom. The third-order valence-electron chi connectivity index (χ3n) is 13.4. The number of methoxy groups -OCH3 is 2. The number of aryl methyl sites for hydroxylation is 2. The molecule has 0 aliphatic carbocycles. The van der Waals surface area contributed by atoms with E-state index in [1.54, 1.807) is 26.4 Å². The third-order valence-corrected chi connectivity index (χ3v) is 14.5. The number of pyridine rings is 2. The summed E-state index contributed by atoms with van der Waals surface area (Å²) in [6.07, 6.45) is 0.